The van der Waals surface area contributed by atoms with Crippen molar-refractivity contribution in [2.45, 2.75) is 0 Å². The maximum Gasteiger partial charge on any atom is 0.258 e. The minimum absolute atomic E-state index is 0.367. The Morgan fingerprint density at radius 2 is 2.07 bits per heavy atom. The maximum absolute atomic E-state index is 11.3. The average molecular weight is 203 g/mol. The first kappa shape index (κ1) is 9.45. The Morgan fingerprint density at radius 3 is 2.67 bits per heavy atom. The zero-order chi connectivity index (χ0) is 10.8. The van der Waals surface area contributed by atoms with Crippen molar-refractivity contribution in [3.8, 4) is 5.75 Å². The highest BCUT2D eigenvalue weighted by molar-refractivity contribution is 6.33. The minimum atomic E-state index is -0.377. The first-order valence-corrected chi connectivity index (χ1v) is 4.42. The smallest absolute Gasteiger partial charge is 0.258 e. The van der Waals surface area contributed by atoms with Crippen LogP contribution in [0, 0.1) is 0 Å². The molecule has 2 amide bonds. The third-order valence-electron chi connectivity index (χ3n) is 2.14. The van der Waals surface area contributed by atoms with E-state index in [9.17, 15) is 9.59 Å². The molecule has 0 aliphatic carbocycles. The van der Waals surface area contributed by atoms with E-state index < -0.39 is 0 Å². The lowest BCUT2D eigenvalue weighted by molar-refractivity contribution is -0.123. The zero-order valence-electron chi connectivity index (χ0n) is 8.11. The van der Waals surface area contributed by atoms with Crippen LogP contribution >= 0.6 is 0 Å². The lowest BCUT2D eigenvalue weighted by Crippen LogP contribution is -2.21. The number of hydrogen-bond acceptors (Lipinski definition) is 3. The van der Waals surface area contributed by atoms with Gasteiger partial charge < -0.3 is 4.74 Å². The average Bonchev–Trinajstić information content (AvgIpc) is 2.58. The number of benzene rings is 1. The number of amides is 2. The van der Waals surface area contributed by atoms with Gasteiger partial charge in [0.15, 0.2) is 0 Å². The normalized spacial score (nSPS) is 14.9. The molecule has 15 heavy (non-hydrogen) atoms. The summed E-state index contributed by atoms with van der Waals surface area (Å²) >= 11 is 0. The first-order chi connectivity index (χ1) is 7.20. The van der Waals surface area contributed by atoms with Crippen molar-refractivity contribution in [3.05, 3.63) is 35.9 Å². The number of carbonyl (C=O) groups is 2. The summed E-state index contributed by atoms with van der Waals surface area (Å²) in [5.41, 5.74) is 1.05. The molecule has 1 aromatic carbocycles. The van der Waals surface area contributed by atoms with Gasteiger partial charge in [0.25, 0.3) is 11.8 Å². The van der Waals surface area contributed by atoms with Crippen LogP contribution in [0.5, 0.6) is 5.75 Å². The van der Waals surface area contributed by atoms with E-state index in [4.69, 9.17) is 4.74 Å². The standard InChI is InChI=1S/C11H9NO3/c1-15-8-4-2-3-7(5-8)9-6-10(13)12-11(9)14/h2-6H,1H3,(H,12,13,14). The van der Waals surface area contributed by atoms with Gasteiger partial charge in [-0.05, 0) is 17.7 Å². The summed E-state index contributed by atoms with van der Waals surface area (Å²) in [5.74, 6) is -0.0911. The van der Waals surface area contributed by atoms with Gasteiger partial charge in [-0.1, -0.05) is 12.1 Å². The summed E-state index contributed by atoms with van der Waals surface area (Å²) in [7, 11) is 1.55. The number of hydrogen-bond donors (Lipinski definition) is 1. The molecular weight excluding hydrogens is 194 g/mol. The SMILES string of the molecule is COc1cccc(C2=CC(=O)NC2=O)c1. The number of imide groups is 1. The molecule has 0 fully saturated rings. The summed E-state index contributed by atoms with van der Waals surface area (Å²) in [6.07, 6.45) is 1.29. The molecule has 0 saturated heterocycles. The Bertz CT molecular complexity index is 463. The number of nitrogens with one attached hydrogen (secondary N) is 1. The molecule has 0 radical (unpaired) electrons. The highest BCUT2D eigenvalue weighted by Crippen LogP contribution is 2.22. The van der Waals surface area contributed by atoms with Crippen molar-refractivity contribution in [1.82, 2.24) is 5.32 Å². The van der Waals surface area contributed by atoms with Gasteiger partial charge in [-0.25, -0.2) is 0 Å². The highest BCUT2D eigenvalue weighted by Gasteiger charge is 2.22. The Hall–Kier alpha value is -2.10. The molecule has 1 aliphatic rings. The monoisotopic (exact) mass is 203 g/mol. The predicted octanol–water partition coefficient (Wildman–Crippen LogP) is 0.735. The fourth-order valence-electron chi connectivity index (χ4n) is 1.42. The minimum Gasteiger partial charge on any atom is -0.497 e. The summed E-state index contributed by atoms with van der Waals surface area (Å²) in [4.78, 5) is 22.3. The van der Waals surface area contributed by atoms with E-state index in [1.165, 1.54) is 6.08 Å². The van der Waals surface area contributed by atoms with E-state index in [0.29, 0.717) is 16.9 Å². The molecule has 1 aromatic rings. The van der Waals surface area contributed by atoms with Crippen LogP contribution in [-0.4, -0.2) is 18.9 Å². The summed E-state index contributed by atoms with van der Waals surface area (Å²) in [6, 6.07) is 7.01. The molecule has 0 unspecified atom stereocenters. The maximum atomic E-state index is 11.3. The lowest BCUT2D eigenvalue weighted by Gasteiger charge is -2.03. The van der Waals surface area contributed by atoms with E-state index in [1.54, 1.807) is 31.4 Å². The number of ether oxygens (including phenoxy) is 1. The second kappa shape index (κ2) is 3.57. The Balaban J connectivity index is 2.41. The second-order valence-electron chi connectivity index (χ2n) is 3.11. The van der Waals surface area contributed by atoms with E-state index in [0.717, 1.165) is 0 Å². The van der Waals surface area contributed by atoms with Gasteiger partial charge in [0, 0.05) is 6.08 Å². The summed E-state index contributed by atoms with van der Waals surface area (Å²) in [5, 5.41) is 2.19. The van der Waals surface area contributed by atoms with E-state index in [1.807, 2.05) is 0 Å². The number of rotatable bonds is 2. The number of methoxy groups -OCH3 is 1. The summed E-state index contributed by atoms with van der Waals surface area (Å²) in [6.45, 7) is 0. The van der Waals surface area contributed by atoms with Gasteiger partial charge in [0.05, 0.1) is 12.7 Å². The molecule has 0 bridgehead atoms. The molecule has 1 heterocycles. The fourth-order valence-corrected chi connectivity index (χ4v) is 1.42. The van der Waals surface area contributed by atoms with Crippen molar-refractivity contribution in [2.75, 3.05) is 7.11 Å². The van der Waals surface area contributed by atoms with Gasteiger partial charge in [0.2, 0.25) is 0 Å². The highest BCUT2D eigenvalue weighted by atomic mass is 16.5. The molecular formula is C11H9NO3. The zero-order valence-corrected chi connectivity index (χ0v) is 8.11. The molecule has 0 saturated carbocycles. The topological polar surface area (TPSA) is 55.4 Å². The van der Waals surface area contributed by atoms with Crippen molar-refractivity contribution in [1.29, 1.82) is 0 Å². The van der Waals surface area contributed by atoms with Crippen molar-refractivity contribution in [2.24, 2.45) is 0 Å². The van der Waals surface area contributed by atoms with Gasteiger partial charge in [0.1, 0.15) is 5.75 Å². The Morgan fingerprint density at radius 1 is 1.27 bits per heavy atom. The number of carbonyl (C=O) groups excluding carboxylic acids is 2. The molecule has 0 aromatic heterocycles. The van der Waals surface area contributed by atoms with Crippen molar-refractivity contribution in [3.63, 3.8) is 0 Å². The predicted molar refractivity (Wildman–Crippen MR) is 54.1 cm³/mol. The molecule has 4 heteroatoms. The summed E-state index contributed by atoms with van der Waals surface area (Å²) < 4.78 is 5.03. The molecule has 1 aliphatic heterocycles. The molecule has 2 rings (SSSR count). The molecule has 1 N–H and O–H groups in total. The van der Waals surface area contributed by atoms with Gasteiger partial charge in [-0.3, -0.25) is 14.9 Å². The van der Waals surface area contributed by atoms with Crippen molar-refractivity contribution >= 4 is 17.4 Å². The van der Waals surface area contributed by atoms with Crippen LogP contribution in [0.3, 0.4) is 0 Å². The van der Waals surface area contributed by atoms with E-state index in [-0.39, 0.29) is 11.8 Å². The van der Waals surface area contributed by atoms with Crippen LogP contribution in [-0.2, 0) is 9.59 Å². The van der Waals surface area contributed by atoms with E-state index >= 15 is 0 Å². The fraction of sp³-hybridized carbons (Fsp3) is 0.0909. The third kappa shape index (κ3) is 1.74. The van der Waals surface area contributed by atoms with Crippen LogP contribution in [0.2, 0.25) is 0 Å². The van der Waals surface area contributed by atoms with Gasteiger partial charge in [-0.15, -0.1) is 0 Å². The van der Waals surface area contributed by atoms with Gasteiger partial charge in [-0.2, -0.15) is 0 Å². The van der Waals surface area contributed by atoms with Crippen molar-refractivity contribution < 1.29 is 14.3 Å². The molecule has 0 spiro atoms. The Labute approximate surface area is 86.5 Å². The molecule has 76 valence electrons. The quantitative estimate of drug-likeness (QED) is 0.721. The van der Waals surface area contributed by atoms with Crippen LogP contribution in [0.4, 0.5) is 0 Å². The first-order valence-electron chi connectivity index (χ1n) is 4.42. The van der Waals surface area contributed by atoms with Crippen LogP contribution in [0.25, 0.3) is 5.57 Å². The van der Waals surface area contributed by atoms with Crippen LogP contribution in [0.1, 0.15) is 5.56 Å². The second-order valence-corrected chi connectivity index (χ2v) is 3.11. The van der Waals surface area contributed by atoms with E-state index in [2.05, 4.69) is 5.32 Å². The van der Waals surface area contributed by atoms with Crippen LogP contribution in [0.15, 0.2) is 30.3 Å². The largest absolute Gasteiger partial charge is 0.497 e. The molecule has 4 nitrogen and oxygen atoms in total. The van der Waals surface area contributed by atoms with Crippen LogP contribution < -0.4 is 10.1 Å². The lowest BCUT2D eigenvalue weighted by atomic mass is 10.1. The third-order valence-corrected chi connectivity index (χ3v) is 2.14. The molecule has 0 atom stereocenters. The Kier molecular flexibility index (Phi) is 2.25. The van der Waals surface area contributed by atoms with Gasteiger partial charge >= 0.3 is 0 Å².